The number of ether oxygens (including phenoxy) is 1. The van der Waals surface area contributed by atoms with E-state index in [0.717, 1.165) is 36.8 Å². The molecule has 9 nitrogen and oxygen atoms in total. The molecule has 1 heterocycles. The number of hydrazone groups is 1. The summed E-state index contributed by atoms with van der Waals surface area (Å²) in [6, 6.07) is 12.9. The number of hydrogen-bond donors (Lipinski definition) is 2. The highest BCUT2D eigenvalue weighted by atomic mass is 35.5. The van der Waals surface area contributed by atoms with Crippen LogP contribution in [-0.2, 0) is 11.5 Å². The highest BCUT2D eigenvalue weighted by Crippen LogP contribution is 2.49. The van der Waals surface area contributed by atoms with Gasteiger partial charge >= 0.3 is 5.92 Å². The number of nitriles is 1. The van der Waals surface area contributed by atoms with E-state index in [1.807, 2.05) is 6.07 Å². The predicted octanol–water partition coefficient (Wildman–Crippen LogP) is 4.37. The van der Waals surface area contributed by atoms with Gasteiger partial charge < -0.3 is 10.6 Å². The number of benzene rings is 2. The van der Waals surface area contributed by atoms with Crippen LogP contribution < -0.4 is 16.4 Å². The van der Waals surface area contributed by atoms with Crippen molar-refractivity contribution in [2.24, 2.45) is 22.0 Å². The lowest BCUT2D eigenvalue weighted by Crippen LogP contribution is -2.52. The second-order valence-electron chi connectivity index (χ2n) is 7.20. The molecular weight excluding hydrogens is 487 g/mol. The molecule has 0 radical (unpaired) electrons. The largest absolute Gasteiger partial charge is 0.456 e. The first-order valence-corrected chi connectivity index (χ1v) is 10.1. The minimum absolute atomic E-state index is 0.0788. The van der Waals surface area contributed by atoms with Crippen LogP contribution in [0.2, 0.25) is 5.02 Å². The van der Waals surface area contributed by atoms with Gasteiger partial charge in [-0.15, -0.1) is 4.91 Å². The quantitative estimate of drug-likeness (QED) is 0.145. The molecule has 0 saturated heterocycles. The first-order valence-electron chi connectivity index (χ1n) is 9.74. The Morgan fingerprint density at radius 2 is 1.86 bits per heavy atom. The number of hydrazine groups is 1. The van der Waals surface area contributed by atoms with E-state index in [-0.39, 0.29) is 10.8 Å². The first kappa shape index (κ1) is 25.4. The minimum atomic E-state index is -4.17. The highest BCUT2D eigenvalue weighted by molar-refractivity contribution is 6.30. The number of nitrogens with two attached hydrogens (primary N) is 2. The third-order valence-electron chi connectivity index (χ3n) is 4.96. The number of nitrogens with zero attached hydrogens (tertiary/aromatic N) is 5. The number of rotatable bonds is 9. The Hall–Kier alpha value is -4.21. The first-order chi connectivity index (χ1) is 16.7. The topological polar surface area (TPSA) is 143 Å². The summed E-state index contributed by atoms with van der Waals surface area (Å²) in [4.78, 5) is 15.7. The second-order valence-corrected chi connectivity index (χ2v) is 7.64. The van der Waals surface area contributed by atoms with Gasteiger partial charge in [0, 0.05) is 10.6 Å². The molecule has 0 aliphatic carbocycles. The van der Waals surface area contributed by atoms with Crippen molar-refractivity contribution in [3.8, 4) is 17.6 Å². The average Bonchev–Trinajstić information content (AvgIpc) is 2.84. The van der Waals surface area contributed by atoms with E-state index in [1.165, 1.54) is 30.3 Å². The van der Waals surface area contributed by atoms with Crippen LogP contribution in [0.3, 0.4) is 0 Å². The lowest BCUT2D eigenvalue weighted by molar-refractivity contribution is -0.0958. The van der Waals surface area contributed by atoms with E-state index in [4.69, 9.17) is 33.3 Å². The molecule has 0 bridgehead atoms. The normalized spacial score (nSPS) is 13.1. The van der Waals surface area contributed by atoms with Gasteiger partial charge in [-0.3, -0.25) is 9.99 Å². The van der Waals surface area contributed by atoms with Gasteiger partial charge in [0.15, 0.2) is 0 Å². The van der Waals surface area contributed by atoms with Crippen LogP contribution in [0.1, 0.15) is 16.8 Å². The van der Waals surface area contributed by atoms with Crippen molar-refractivity contribution in [3.63, 3.8) is 0 Å². The van der Waals surface area contributed by atoms with Crippen molar-refractivity contribution in [1.82, 2.24) is 9.99 Å². The zero-order valence-electron chi connectivity index (χ0n) is 17.8. The molecule has 1 unspecified atom stereocenters. The van der Waals surface area contributed by atoms with Crippen LogP contribution >= 0.6 is 11.6 Å². The van der Waals surface area contributed by atoms with Crippen LogP contribution in [0, 0.1) is 22.1 Å². The van der Waals surface area contributed by atoms with Gasteiger partial charge in [-0.05, 0) is 53.7 Å². The van der Waals surface area contributed by atoms with E-state index in [0.29, 0.717) is 16.3 Å². The molecule has 3 aromatic rings. The van der Waals surface area contributed by atoms with Gasteiger partial charge in [-0.25, -0.2) is 10.2 Å². The van der Waals surface area contributed by atoms with Gasteiger partial charge in [-0.2, -0.15) is 19.1 Å². The number of alkyl halides is 2. The maximum atomic E-state index is 15.9. The molecule has 4 N–H and O–H groups in total. The number of hydrogen-bond acceptors (Lipinski definition) is 8. The van der Waals surface area contributed by atoms with Crippen molar-refractivity contribution < 1.29 is 17.9 Å². The Morgan fingerprint density at radius 1 is 1.17 bits per heavy atom. The van der Waals surface area contributed by atoms with Crippen LogP contribution in [-0.4, -0.2) is 22.9 Å². The molecule has 0 aliphatic rings. The molecule has 1 atom stereocenters. The Morgan fingerprint density at radius 3 is 2.40 bits per heavy atom. The predicted molar refractivity (Wildman–Crippen MR) is 122 cm³/mol. The Kier molecular flexibility index (Phi) is 7.53. The molecule has 0 fully saturated rings. The van der Waals surface area contributed by atoms with Gasteiger partial charge in [0.1, 0.15) is 29.3 Å². The summed E-state index contributed by atoms with van der Waals surface area (Å²) < 4.78 is 52.1. The fraction of sp³-hybridized carbons (Fsp3) is 0.136. The second kappa shape index (κ2) is 10.4. The molecule has 0 saturated carbocycles. The molecule has 2 aromatic carbocycles. The van der Waals surface area contributed by atoms with Crippen LogP contribution in [0.5, 0.6) is 11.5 Å². The van der Waals surface area contributed by atoms with Crippen LogP contribution in [0.15, 0.2) is 71.1 Å². The molecule has 0 amide bonds. The number of nitroso groups, excluding NO2 is 1. The molecule has 35 heavy (non-hydrogen) atoms. The maximum absolute atomic E-state index is 15.9. The van der Waals surface area contributed by atoms with Crippen LogP contribution in [0.4, 0.5) is 13.2 Å². The molecule has 0 aliphatic heterocycles. The lowest BCUT2D eigenvalue weighted by Gasteiger charge is -2.36. The molecule has 1 aromatic heterocycles. The molecule has 0 spiro atoms. The average molecular weight is 504 g/mol. The van der Waals surface area contributed by atoms with Crippen molar-refractivity contribution in [3.05, 3.63) is 93.4 Å². The summed E-state index contributed by atoms with van der Waals surface area (Å²) in [6.45, 7) is -1.01. The fourth-order valence-electron chi connectivity index (χ4n) is 3.28. The number of halogens is 4. The van der Waals surface area contributed by atoms with Gasteiger partial charge in [0.2, 0.25) is 5.54 Å². The third-order valence-corrected chi connectivity index (χ3v) is 5.19. The lowest BCUT2D eigenvalue weighted by atomic mass is 9.81. The van der Waals surface area contributed by atoms with E-state index < -0.39 is 35.1 Å². The zero-order chi connectivity index (χ0) is 25.6. The molecule has 180 valence electrons. The summed E-state index contributed by atoms with van der Waals surface area (Å²) in [5.41, 5.74) is -4.34. The third kappa shape index (κ3) is 5.16. The van der Waals surface area contributed by atoms with E-state index in [9.17, 15) is 9.30 Å². The smallest absolute Gasteiger partial charge is 0.323 e. The fourth-order valence-corrected chi connectivity index (χ4v) is 3.44. The Labute approximate surface area is 202 Å². The minimum Gasteiger partial charge on any atom is -0.456 e. The summed E-state index contributed by atoms with van der Waals surface area (Å²) in [5.74, 6) is 5.70. The molecule has 13 heteroatoms. The van der Waals surface area contributed by atoms with Crippen molar-refractivity contribution in [1.29, 1.82) is 5.26 Å². The SMILES string of the molecule is N#Cc1ccc(Oc2ccc(C(F)(F)C(CN(N)/C=N\N)(N=O)c3ccc(Cl)cc3F)nc2)cc1. The van der Waals surface area contributed by atoms with Gasteiger partial charge in [0.25, 0.3) is 0 Å². The summed E-state index contributed by atoms with van der Waals surface area (Å²) in [5, 5.41) is 15.1. The van der Waals surface area contributed by atoms with Crippen LogP contribution in [0.25, 0.3) is 0 Å². The maximum Gasteiger partial charge on any atom is 0.323 e. The van der Waals surface area contributed by atoms with E-state index in [2.05, 4.69) is 15.3 Å². The molecule has 3 rings (SSSR count). The van der Waals surface area contributed by atoms with E-state index in [1.54, 1.807) is 0 Å². The standard InChI is InChI=1S/C22H17ClF3N7O2/c23-15-3-7-18(19(24)9-15)21(32-34,12-33(29)13-31-28)22(25,26)20-8-6-17(11-30-20)35-16-4-1-14(10-27)2-5-16/h1-9,11,13H,12,28-29H2/b31-13-. The number of pyridine rings is 1. The summed E-state index contributed by atoms with van der Waals surface area (Å²) in [7, 11) is 0. The Bertz CT molecular complexity index is 1270. The molecular formula is C22H17ClF3N7O2. The highest BCUT2D eigenvalue weighted by Gasteiger charge is 2.61. The van der Waals surface area contributed by atoms with Gasteiger partial charge in [-0.1, -0.05) is 17.7 Å². The van der Waals surface area contributed by atoms with Gasteiger partial charge in [0.05, 0.1) is 24.4 Å². The Balaban J connectivity index is 2.03. The summed E-state index contributed by atoms with van der Waals surface area (Å²) >= 11 is 5.75. The number of aromatic nitrogens is 1. The van der Waals surface area contributed by atoms with E-state index >= 15 is 8.78 Å². The monoisotopic (exact) mass is 503 g/mol. The van der Waals surface area contributed by atoms with Crippen molar-refractivity contribution in [2.75, 3.05) is 6.54 Å². The van der Waals surface area contributed by atoms with Crippen molar-refractivity contribution in [2.45, 2.75) is 11.5 Å². The zero-order valence-corrected chi connectivity index (χ0v) is 18.5. The van der Waals surface area contributed by atoms with Crippen molar-refractivity contribution >= 4 is 17.9 Å². The summed E-state index contributed by atoms with van der Waals surface area (Å²) in [6.07, 6.45) is 1.77.